The number of hydrogen-bond donors (Lipinski definition) is 2. The average Bonchev–Trinajstić information content (AvgIpc) is 2.37. The van der Waals surface area contributed by atoms with Crippen LogP contribution in [0.1, 0.15) is 12.5 Å². The molecular weight excluding hydrogens is 226 g/mol. The summed E-state index contributed by atoms with van der Waals surface area (Å²) >= 11 is 0. The quantitative estimate of drug-likeness (QED) is 0.837. The van der Waals surface area contributed by atoms with E-state index in [0.717, 1.165) is 44.8 Å². The summed E-state index contributed by atoms with van der Waals surface area (Å²) in [5, 5.41) is 6.18. The Hall–Kier alpha value is -1.39. The Bertz CT molecular complexity index is 400. The van der Waals surface area contributed by atoms with Crippen LogP contribution in [0.4, 0.5) is 5.69 Å². The van der Waals surface area contributed by atoms with Gasteiger partial charge in [0.25, 0.3) is 0 Å². The van der Waals surface area contributed by atoms with Crippen molar-refractivity contribution in [1.82, 2.24) is 10.2 Å². The first-order valence-corrected chi connectivity index (χ1v) is 6.53. The third-order valence-corrected chi connectivity index (χ3v) is 3.17. The van der Waals surface area contributed by atoms with Gasteiger partial charge in [0.15, 0.2) is 0 Å². The number of amides is 1. The van der Waals surface area contributed by atoms with Crippen LogP contribution in [0.5, 0.6) is 0 Å². The second kappa shape index (κ2) is 6.52. The minimum Gasteiger partial charge on any atom is -0.326 e. The highest BCUT2D eigenvalue weighted by Gasteiger charge is 2.09. The van der Waals surface area contributed by atoms with Crippen molar-refractivity contribution in [1.29, 1.82) is 0 Å². The summed E-state index contributed by atoms with van der Waals surface area (Å²) < 4.78 is 0. The normalized spacial score (nSPS) is 16.5. The lowest BCUT2D eigenvalue weighted by Crippen LogP contribution is -2.44. The van der Waals surface area contributed by atoms with Gasteiger partial charge in [-0.2, -0.15) is 0 Å². The van der Waals surface area contributed by atoms with Crippen LogP contribution < -0.4 is 10.6 Å². The molecule has 2 rings (SSSR count). The molecule has 18 heavy (non-hydrogen) atoms. The van der Waals surface area contributed by atoms with Crippen molar-refractivity contribution < 1.29 is 4.79 Å². The zero-order valence-corrected chi connectivity index (χ0v) is 10.9. The molecule has 0 spiro atoms. The zero-order chi connectivity index (χ0) is 12.8. The number of hydrogen-bond acceptors (Lipinski definition) is 3. The van der Waals surface area contributed by atoms with Crippen molar-refractivity contribution in [2.75, 3.05) is 38.0 Å². The van der Waals surface area contributed by atoms with Gasteiger partial charge in [0.05, 0.1) is 0 Å². The third-order valence-electron chi connectivity index (χ3n) is 3.17. The number of nitrogens with one attached hydrogen (secondary N) is 2. The van der Waals surface area contributed by atoms with Gasteiger partial charge in [0.2, 0.25) is 5.91 Å². The fourth-order valence-electron chi connectivity index (χ4n) is 2.23. The minimum absolute atomic E-state index is 0.0192. The zero-order valence-electron chi connectivity index (χ0n) is 10.9. The molecule has 0 aliphatic carbocycles. The van der Waals surface area contributed by atoms with Crippen LogP contribution in [-0.4, -0.2) is 43.5 Å². The second-order valence-electron chi connectivity index (χ2n) is 4.72. The lowest BCUT2D eigenvalue weighted by Gasteiger charge is -2.27. The Morgan fingerprint density at radius 1 is 1.39 bits per heavy atom. The van der Waals surface area contributed by atoms with Crippen LogP contribution in [0.25, 0.3) is 0 Å². The first-order valence-electron chi connectivity index (χ1n) is 6.53. The molecule has 1 aromatic rings. The van der Waals surface area contributed by atoms with Crippen molar-refractivity contribution in [3.05, 3.63) is 29.8 Å². The van der Waals surface area contributed by atoms with Crippen molar-refractivity contribution in [2.24, 2.45) is 0 Å². The van der Waals surface area contributed by atoms with Crippen LogP contribution in [-0.2, 0) is 11.2 Å². The standard InChI is InChI=1S/C14H21N3O/c1-12(18)16-14-4-2-3-13(11-14)5-8-17-9-6-15-7-10-17/h2-4,11,15H,5-10H2,1H3,(H,16,18). The minimum atomic E-state index is -0.0192. The van der Waals surface area contributed by atoms with Gasteiger partial charge in [0.1, 0.15) is 0 Å². The highest BCUT2D eigenvalue weighted by Crippen LogP contribution is 2.11. The molecule has 1 heterocycles. The number of nitrogens with zero attached hydrogens (tertiary/aromatic N) is 1. The van der Waals surface area contributed by atoms with E-state index in [1.807, 2.05) is 12.1 Å². The van der Waals surface area contributed by atoms with E-state index in [-0.39, 0.29) is 5.91 Å². The fourth-order valence-corrected chi connectivity index (χ4v) is 2.23. The highest BCUT2D eigenvalue weighted by atomic mass is 16.1. The van der Waals surface area contributed by atoms with Gasteiger partial charge in [-0.25, -0.2) is 0 Å². The Balaban J connectivity index is 1.86. The maximum Gasteiger partial charge on any atom is 0.221 e. The summed E-state index contributed by atoms with van der Waals surface area (Å²) in [6.07, 6.45) is 1.04. The maximum absolute atomic E-state index is 11.0. The average molecular weight is 247 g/mol. The second-order valence-corrected chi connectivity index (χ2v) is 4.72. The van der Waals surface area contributed by atoms with E-state index in [1.54, 1.807) is 0 Å². The SMILES string of the molecule is CC(=O)Nc1cccc(CCN2CCNCC2)c1. The third kappa shape index (κ3) is 4.13. The van der Waals surface area contributed by atoms with E-state index in [2.05, 4.69) is 27.7 Å². The van der Waals surface area contributed by atoms with Gasteiger partial charge in [0, 0.05) is 45.3 Å². The smallest absolute Gasteiger partial charge is 0.221 e. The Morgan fingerprint density at radius 3 is 2.89 bits per heavy atom. The van der Waals surface area contributed by atoms with Crippen LogP contribution in [0.15, 0.2) is 24.3 Å². The molecule has 2 N–H and O–H groups in total. The lowest BCUT2D eigenvalue weighted by atomic mass is 10.1. The molecule has 1 amide bonds. The summed E-state index contributed by atoms with van der Waals surface area (Å²) in [6.45, 7) is 7.06. The molecule has 4 heteroatoms. The van der Waals surface area contributed by atoms with Crippen molar-refractivity contribution in [3.8, 4) is 0 Å². The molecule has 0 radical (unpaired) electrons. The molecule has 0 bridgehead atoms. The van der Waals surface area contributed by atoms with E-state index in [1.165, 1.54) is 12.5 Å². The molecule has 0 aromatic heterocycles. The van der Waals surface area contributed by atoms with Crippen molar-refractivity contribution in [3.63, 3.8) is 0 Å². The van der Waals surface area contributed by atoms with Crippen LogP contribution in [0.3, 0.4) is 0 Å². The Kier molecular flexibility index (Phi) is 4.73. The molecule has 0 atom stereocenters. The number of carbonyl (C=O) groups is 1. The van der Waals surface area contributed by atoms with Gasteiger partial charge >= 0.3 is 0 Å². The van der Waals surface area contributed by atoms with Crippen LogP contribution >= 0.6 is 0 Å². The van der Waals surface area contributed by atoms with Gasteiger partial charge in [-0.15, -0.1) is 0 Å². The summed E-state index contributed by atoms with van der Waals surface area (Å²) in [4.78, 5) is 13.5. The molecule has 1 aliphatic heterocycles. The lowest BCUT2D eigenvalue weighted by molar-refractivity contribution is -0.114. The largest absolute Gasteiger partial charge is 0.326 e. The van der Waals surface area contributed by atoms with Crippen molar-refractivity contribution >= 4 is 11.6 Å². The molecule has 98 valence electrons. The predicted molar refractivity (Wildman–Crippen MR) is 73.8 cm³/mol. The number of rotatable bonds is 4. The van der Waals surface area contributed by atoms with E-state index in [0.29, 0.717) is 0 Å². The van der Waals surface area contributed by atoms with Crippen molar-refractivity contribution in [2.45, 2.75) is 13.3 Å². The molecule has 1 saturated heterocycles. The number of piperazine rings is 1. The van der Waals surface area contributed by atoms with E-state index >= 15 is 0 Å². The first kappa shape index (κ1) is 13.1. The van der Waals surface area contributed by atoms with Crippen LogP contribution in [0.2, 0.25) is 0 Å². The topological polar surface area (TPSA) is 44.4 Å². The highest BCUT2D eigenvalue weighted by molar-refractivity contribution is 5.88. The molecule has 0 unspecified atom stereocenters. The Labute approximate surface area is 108 Å². The summed E-state index contributed by atoms with van der Waals surface area (Å²) in [5.74, 6) is -0.0192. The fraction of sp³-hybridized carbons (Fsp3) is 0.500. The van der Waals surface area contributed by atoms with E-state index in [4.69, 9.17) is 0 Å². The summed E-state index contributed by atoms with van der Waals surface area (Å²) in [7, 11) is 0. The summed E-state index contributed by atoms with van der Waals surface area (Å²) in [5.41, 5.74) is 2.17. The monoisotopic (exact) mass is 247 g/mol. The van der Waals surface area contributed by atoms with Gasteiger partial charge < -0.3 is 15.5 Å². The van der Waals surface area contributed by atoms with Gasteiger partial charge in [-0.1, -0.05) is 12.1 Å². The number of benzene rings is 1. The van der Waals surface area contributed by atoms with Gasteiger partial charge in [-0.3, -0.25) is 4.79 Å². The van der Waals surface area contributed by atoms with Crippen LogP contribution in [0, 0.1) is 0 Å². The van der Waals surface area contributed by atoms with Gasteiger partial charge in [-0.05, 0) is 24.1 Å². The molecule has 1 aliphatic rings. The maximum atomic E-state index is 11.0. The van der Waals surface area contributed by atoms with E-state index < -0.39 is 0 Å². The summed E-state index contributed by atoms with van der Waals surface area (Å²) in [6, 6.07) is 8.10. The number of carbonyl (C=O) groups excluding carboxylic acids is 1. The molecular formula is C14H21N3O. The predicted octanol–water partition coefficient (Wildman–Crippen LogP) is 1.09. The first-order chi connectivity index (χ1) is 8.74. The molecule has 4 nitrogen and oxygen atoms in total. The molecule has 1 fully saturated rings. The van der Waals surface area contributed by atoms with E-state index in [9.17, 15) is 4.79 Å². The number of anilines is 1. The molecule has 1 aromatic carbocycles. The molecule has 0 saturated carbocycles. The Morgan fingerprint density at radius 2 is 2.17 bits per heavy atom.